The first-order valence-electron chi connectivity index (χ1n) is 29.4. The van der Waals surface area contributed by atoms with Crippen molar-refractivity contribution in [3.05, 3.63) is 85.8 Å². The zero-order valence-electron chi connectivity index (χ0n) is 51.1. The first-order chi connectivity index (χ1) is 41.6. The maximum absolute atomic E-state index is 14.5. The summed E-state index contributed by atoms with van der Waals surface area (Å²) in [5.41, 5.74) is 6.44. The van der Waals surface area contributed by atoms with E-state index in [4.69, 9.17) is 29.2 Å². The number of esters is 1. The van der Waals surface area contributed by atoms with Gasteiger partial charge in [-0.3, -0.25) is 19.2 Å². The van der Waals surface area contributed by atoms with Gasteiger partial charge >= 0.3 is 38.2 Å². The van der Waals surface area contributed by atoms with E-state index < -0.39 is 85.2 Å². The van der Waals surface area contributed by atoms with Crippen molar-refractivity contribution in [3.8, 4) is 11.5 Å². The molecular formula is C58H77B2N11O15S2. The Balaban J connectivity index is 0.000000224. The molecule has 4 aliphatic heterocycles. The Kier molecular flexibility index (Phi) is 19.4. The molecule has 30 heteroatoms. The van der Waals surface area contributed by atoms with Crippen molar-refractivity contribution in [1.82, 2.24) is 50.8 Å². The minimum absolute atomic E-state index is 0.0380. The number of urea groups is 2. The van der Waals surface area contributed by atoms with Crippen molar-refractivity contribution >= 4 is 89.7 Å². The number of carbonyl (C=O) groups excluding carboxylic acids is 7. The van der Waals surface area contributed by atoms with Gasteiger partial charge < -0.3 is 80.2 Å². The number of ether oxygens (including phenoxy) is 2. The average Bonchev–Trinajstić information content (AvgIpc) is 1.35. The summed E-state index contributed by atoms with van der Waals surface area (Å²) in [5.74, 6) is -3.78. The summed E-state index contributed by atoms with van der Waals surface area (Å²) in [5, 5.41) is 35.3. The number of carboxylic acids is 1. The summed E-state index contributed by atoms with van der Waals surface area (Å²) < 4.78 is 30.5. The molecule has 2 aromatic carbocycles. The predicted octanol–water partition coefficient (Wildman–Crippen LogP) is 3.80. The number of nitrogens with one attached hydrogen (secondary N) is 4. The van der Waals surface area contributed by atoms with Gasteiger partial charge in [0.05, 0.1) is 52.7 Å². The molecular weight excluding hydrogens is 1180 g/mol. The fourth-order valence-electron chi connectivity index (χ4n) is 12.6. The van der Waals surface area contributed by atoms with Crippen molar-refractivity contribution in [3.63, 3.8) is 0 Å². The molecule has 4 aromatic rings. The lowest BCUT2D eigenvalue weighted by molar-refractivity contribution is -0.199. The van der Waals surface area contributed by atoms with Crippen LogP contribution in [-0.4, -0.2) is 190 Å². The number of hydrogen-bond acceptors (Lipinski definition) is 19. The first-order valence-corrected chi connectivity index (χ1v) is 31.2. The second kappa shape index (κ2) is 26.3. The third-order valence-electron chi connectivity index (χ3n) is 17.5. The minimum atomic E-state index is -1.53. The van der Waals surface area contributed by atoms with E-state index in [1.807, 2.05) is 26.8 Å². The topological polar surface area (TPSA) is 336 Å². The number of nitrogens with two attached hydrogens (primary N) is 1. The molecule has 0 spiro atoms. The van der Waals surface area contributed by atoms with E-state index in [9.17, 15) is 48.5 Å². The Labute approximate surface area is 519 Å². The van der Waals surface area contributed by atoms with Gasteiger partial charge in [-0.1, -0.05) is 38.1 Å². The third kappa shape index (κ3) is 13.8. The standard InChI is InChI=1S/C37H52BN5O8S.C21H25BN6O7S/c1-10-42-14-15-43(19-29(42)44)34(47)41-30(25-20-52-21(2)39-25)32(45)40-28(38-50-27-18-23-17-26(36(23,6)7)37(27,8)51-38)16-22-12-11-13-24(31(22)48-9)33(46)49-35(3,4)5;1-2-27-6-7-28(9-15(27)29)21(33)26-16(13-10-36-20(23)24-13)18(30)25-14-8-11-4-3-5-12(19(31)32)17(11)35-22(14)34/h11-13,20,23,26-28,30H,10,14-19H2,1-9H3,(H,40,45)(H,41,47);3-5,10,14,16,34H,2,6-9H2,1H3,(H2,23,24)(H,25,30)(H,26,33)(H,31,32)/t23?,26?,27?,28-,30?,37-;14-,16?/m00/s1. The molecule has 11 rings (SSSR count). The summed E-state index contributed by atoms with van der Waals surface area (Å²) in [6.07, 6.45) is 2.04. The number of piperazine rings is 2. The van der Waals surface area contributed by atoms with Crippen molar-refractivity contribution in [2.45, 2.75) is 129 Å². The van der Waals surface area contributed by atoms with Gasteiger partial charge in [0.15, 0.2) is 17.2 Å². The molecule has 7 aliphatic rings. The molecule has 6 fully saturated rings. The quantitative estimate of drug-likeness (QED) is 0.0619. The number of fused-ring (bicyclic) bond motifs is 1. The van der Waals surface area contributed by atoms with Crippen LogP contribution in [-0.2, 0) is 46.1 Å². The Morgan fingerprint density at radius 2 is 1.44 bits per heavy atom. The number of nitrogens with zero attached hydrogens (tertiary/aromatic N) is 6. The fraction of sp³-hybridized carbons (Fsp3) is 0.552. The van der Waals surface area contributed by atoms with Crippen molar-refractivity contribution in [1.29, 1.82) is 0 Å². The molecule has 2 bridgehead atoms. The molecule has 3 aliphatic carbocycles. The number of nitrogen functional groups attached to an aromatic ring is 1. The van der Waals surface area contributed by atoms with Gasteiger partial charge in [-0.05, 0) is 115 Å². The number of rotatable bonds is 16. The molecule has 3 saturated heterocycles. The summed E-state index contributed by atoms with van der Waals surface area (Å²) >= 11 is 2.46. The molecule has 5 unspecified atom stereocenters. The largest absolute Gasteiger partial charge is 0.547 e. The molecule has 8 atom stereocenters. The van der Waals surface area contributed by atoms with Crippen LogP contribution >= 0.6 is 22.7 Å². The lowest BCUT2D eigenvalue weighted by Crippen LogP contribution is -2.65. The highest BCUT2D eigenvalue weighted by Gasteiger charge is 2.68. The third-order valence-corrected chi connectivity index (χ3v) is 18.9. The van der Waals surface area contributed by atoms with Crippen LogP contribution < -0.4 is 36.4 Å². The Morgan fingerprint density at radius 1 is 0.841 bits per heavy atom. The molecule has 3 saturated carbocycles. The molecule has 6 heterocycles. The lowest BCUT2D eigenvalue weighted by Gasteiger charge is -2.64. The fourth-order valence-corrected chi connectivity index (χ4v) is 13.8. The molecule has 26 nitrogen and oxygen atoms in total. The summed E-state index contributed by atoms with van der Waals surface area (Å²) in [6, 6.07) is 6.20. The van der Waals surface area contributed by atoms with Crippen LogP contribution in [0.1, 0.15) is 129 Å². The van der Waals surface area contributed by atoms with Gasteiger partial charge in [0.2, 0.25) is 23.6 Å². The Morgan fingerprint density at radius 3 is 1.99 bits per heavy atom. The number of para-hydroxylation sites is 2. The van der Waals surface area contributed by atoms with E-state index in [0.717, 1.165) is 29.2 Å². The van der Waals surface area contributed by atoms with Crippen LogP contribution in [0.25, 0.3) is 0 Å². The maximum Gasteiger partial charge on any atom is 0.547 e. The van der Waals surface area contributed by atoms with Crippen LogP contribution in [0.2, 0.25) is 0 Å². The van der Waals surface area contributed by atoms with Gasteiger partial charge in [-0.15, -0.1) is 22.7 Å². The number of hydrogen-bond donors (Lipinski definition) is 7. The van der Waals surface area contributed by atoms with E-state index in [-0.39, 0.29) is 82.9 Å². The summed E-state index contributed by atoms with van der Waals surface area (Å²) in [7, 11) is -0.870. The number of aromatic nitrogens is 2. The van der Waals surface area contributed by atoms with E-state index in [1.165, 1.54) is 39.7 Å². The highest BCUT2D eigenvalue weighted by Crippen LogP contribution is 2.66. The van der Waals surface area contributed by atoms with E-state index in [1.54, 1.807) is 60.2 Å². The monoisotopic (exact) mass is 1250 g/mol. The number of aromatic carboxylic acids is 1. The van der Waals surface area contributed by atoms with Crippen molar-refractivity contribution < 1.29 is 71.9 Å². The van der Waals surface area contributed by atoms with E-state index in [2.05, 4.69) is 52.0 Å². The van der Waals surface area contributed by atoms with Gasteiger partial charge in [0, 0.05) is 50.0 Å². The zero-order valence-corrected chi connectivity index (χ0v) is 52.7. The first kappa shape index (κ1) is 64.9. The number of anilines is 1. The smallest absolute Gasteiger partial charge is 0.534 e. The summed E-state index contributed by atoms with van der Waals surface area (Å²) in [4.78, 5) is 119. The van der Waals surface area contributed by atoms with Crippen molar-refractivity contribution in [2.75, 3.05) is 65.2 Å². The number of methoxy groups -OCH3 is 1. The van der Waals surface area contributed by atoms with Gasteiger partial charge in [-0.25, -0.2) is 29.1 Å². The highest BCUT2D eigenvalue weighted by molar-refractivity contribution is 7.13. The maximum atomic E-state index is 14.5. The molecule has 0 radical (unpaired) electrons. The molecule has 8 N–H and O–H groups in total. The van der Waals surface area contributed by atoms with Crippen LogP contribution in [0.5, 0.6) is 11.5 Å². The van der Waals surface area contributed by atoms with Crippen molar-refractivity contribution in [2.24, 2.45) is 17.3 Å². The molecule has 2 aromatic heterocycles. The average molecular weight is 1250 g/mol. The minimum Gasteiger partial charge on any atom is -0.534 e. The van der Waals surface area contributed by atoms with Crippen LogP contribution in [0.15, 0.2) is 47.2 Å². The second-order valence-corrected chi connectivity index (χ2v) is 26.5. The number of aryl methyl sites for hydroxylation is 1. The number of carboxylic acid groups (broad SMARTS) is 1. The zero-order chi connectivity index (χ0) is 63.7. The Hall–Kier alpha value is -7.53. The molecule has 88 heavy (non-hydrogen) atoms. The number of benzene rings is 2. The van der Waals surface area contributed by atoms with Gasteiger partial charge in [-0.2, -0.15) is 0 Å². The van der Waals surface area contributed by atoms with E-state index >= 15 is 0 Å². The highest BCUT2D eigenvalue weighted by atomic mass is 32.1. The van der Waals surface area contributed by atoms with Gasteiger partial charge in [0.1, 0.15) is 35.8 Å². The molecule has 8 amide bonds. The number of carbonyl (C=O) groups is 8. The SMILES string of the molecule is CCN1CCN(C(=O)NC(C(=O)N[C@@H](Cc2cccc(C(=O)OC(C)(C)C)c2OC)B2OC3CC4CC(C4(C)C)[C@]3(C)O2)c2csc(C)n2)CC1=O.CCN1CCN(C(=O)NC(C(=O)N[C@H]2Cc3cccc(C(=O)O)c3OB2O)c2csc(N)n2)CC1=O. The summed E-state index contributed by atoms with van der Waals surface area (Å²) in [6.45, 7) is 20.0. The second-order valence-electron chi connectivity index (χ2n) is 24.5. The van der Waals surface area contributed by atoms with Gasteiger partial charge in [0.25, 0.3) is 0 Å². The predicted molar refractivity (Wildman–Crippen MR) is 325 cm³/mol. The van der Waals surface area contributed by atoms with Crippen LogP contribution in [0.3, 0.4) is 0 Å². The Bertz CT molecular complexity index is 3330. The number of thiazole rings is 2. The lowest BCUT2D eigenvalue weighted by atomic mass is 9.43. The number of likely N-dealkylation sites (N-methyl/N-ethyl adjacent to an activating group) is 2. The normalized spacial score (nSPS) is 22.9. The van der Waals surface area contributed by atoms with Crippen LogP contribution in [0.4, 0.5) is 14.7 Å². The number of amides is 8. The van der Waals surface area contributed by atoms with E-state index in [0.29, 0.717) is 67.8 Å². The molecule has 472 valence electrons. The van der Waals surface area contributed by atoms with Crippen LogP contribution in [0, 0.1) is 24.2 Å².